The van der Waals surface area contributed by atoms with Gasteiger partial charge in [0.25, 0.3) is 0 Å². The molecule has 0 amide bonds. The Morgan fingerprint density at radius 1 is 1.14 bits per heavy atom. The first-order valence-electron chi connectivity index (χ1n) is 5.13. The van der Waals surface area contributed by atoms with E-state index in [2.05, 4.69) is 15.0 Å². The first-order valence-corrected chi connectivity index (χ1v) is 5.13. The van der Waals surface area contributed by atoms with Crippen LogP contribution in [0.3, 0.4) is 0 Å². The van der Waals surface area contributed by atoms with Crippen molar-refractivity contribution in [1.82, 2.24) is 15.0 Å². The van der Waals surface area contributed by atoms with Crippen molar-refractivity contribution >= 4 is 11.2 Å². The van der Waals surface area contributed by atoms with Crippen LogP contribution in [0.25, 0.3) is 11.2 Å². The SMILES string of the molecule is CC.CC.Cc1nc2ncccc2[nH]1. The Bertz CT molecular complexity index is 319. The molecule has 2 heterocycles. The number of H-pyrrole nitrogens is 1. The van der Waals surface area contributed by atoms with Gasteiger partial charge in [-0.25, -0.2) is 9.97 Å². The van der Waals surface area contributed by atoms with Gasteiger partial charge in [-0.05, 0) is 19.1 Å². The summed E-state index contributed by atoms with van der Waals surface area (Å²) in [5, 5.41) is 0. The molecule has 1 N–H and O–H groups in total. The summed E-state index contributed by atoms with van der Waals surface area (Å²) >= 11 is 0. The molecule has 0 saturated carbocycles. The van der Waals surface area contributed by atoms with Crippen molar-refractivity contribution in [1.29, 1.82) is 0 Å². The number of aromatic nitrogens is 3. The molecular formula is C11H19N3. The van der Waals surface area contributed by atoms with E-state index in [1.54, 1.807) is 6.20 Å². The molecule has 14 heavy (non-hydrogen) atoms. The zero-order valence-electron chi connectivity index (χ0n) is 9.63. The maximum absolute atomic E-state index is 4.15. The summed E-state index contributed by atoms with van der Waals surface area (Å²) in [5.41, 5.74) is 1.79. The van der Waals surface area contributed by atoms with Crippen LogP contribution in [0.5, 0.6) is 0 Å². The number of fused-ring (bicyclic) bond motifs is 1. The second kappa shape index (κ2) is 7.06. The highest BCUT2D eigenvalue weighted by molar-refractivity contribution is 5.69. The maximum Gasteiger partial charge on any atom is 0.177 e. The van der Waals surface area contributed by atoms with Gasteiger partial charge >= 0.3 is 0 Å². The maximum atomic E-state index is 4.15. The normalized spacial score (nSPS) is 8.36. The van der Waals surface area contributed by atoms with Crippen molar-refractivity contribution in [3.8, 4) is 0 Å². The van der Waals surface area contributed by atoms with E-state index in [-0.39, 0.29) is 0 Å². The molecule has 0 fully saturated rings. The molecule has 0 saturated heterocycles. The Hall–Kier alpha value is -1.38. The number of rotatable bonds is 0. The number of nitrogens with one attached hydrogen (secondary N) is 1. The van der Waals surface area contributed by atoms with E-state index < -0.39 is 0 Å². The summed E-state index contributed by atoms with van der Waals surface area (Å²) in [5.74, 6) is 0.911. The zero-order chi connectivity index (χ0) is 11.0. The van der Waals surface area contributed by atoms with E-state index >= 15 is 0 Å². The van der Waals surface area contributed by atoms with Crippen LogP contribution >= 0.6 is 0 Å². The smallest absolute Gasteiger partial charge is 0.177 e. The van der Waals surface area contributed by atoms with Gasteiger partial charge < -0.3 is 4.98 Å². The second-order valence-corrected chi connectivity index (χ2v) is 2.20. The molecule has 0 radical (unpaired) electrons. The first kappa shape index (κ1) is 12.6. The number of aromatic amines is 1. The van der Waals surface area contributed by atoms with E-state index in [0.717, 1.165) is 17.0 Å². The van der Waals surface area contributed by atoms with Crippen LogP contribution in [0.1, 0.15) is 33.5 Å². The van der Waals surface area contributed by atoms with E-state index in [9.17, 15) is 0 Å². The molecule has 0 bridgehead atoms. The Labute approximate surface area is 85.6 Å². The number of hydrogen-bond acceptors (Lipinski definition) is 2. The predicted molar refractivity (Wildman–Crippen MR) is 61.3 cm³/mol. The van der Waals surface area contributed by atoms with Crippen molar-refractivity contribution in [2.24, 2.45) is 0 Å². The zero-order valence-corrected chi connectivity index (χ0v) is 9.63. The Kier molecular flexibility index (Phi) is 6.37. The van der Waals surface area contributed by atoms with Gasteiger partial charge in [-0.15, -0.1) is 0 Å². The molecule has 0 atom stereocenters. The summed E-state index contributed by atoms with van der Waals surface area (Å²) < 4.78 is 0. The third-order valence-corrected chi connectivity index (χ3v) is 1.38. The van der Waals surface area contributed by atoms with Crippen LogP contribution in [-0.2, 0) is 0 Å². The number of nitrogens with zero attached hydrogens (tertiary/aromatic N) is 2. The number of pyridine rings is 1. The highest BCUT2D eigenvalue weighted by Crippen LogP contribution is 2.05. The number of aryl methyl sites for hydroxylation is 1. The van der Waals surface area contributed by atoms with Crippen LogP contribution in [0, 0.1) is 6.92 Å². The fraction of sp³-hybridized carbons (Fsp3) is 0.455. The number of imidazole rings is 1. The van der Waals surface area contributed by atoms with Gasteiger partial charge in [-0.2, -0.15) is 0 Å². The van der Waals surface area contributed by atoms with Crippen molar-refractivity contribution < 1.29 is 0 Å². The lowest BCUT2D eigenvalue weighted by Crippen LogP contribution is -1.72. The lowest BCUT2D eigenvalue weighted by atomic mass is 10.4. The Morgan fingerprint density at radius 3 is 2.36 bits per heavy atom. The molecule has 0 spiro atoms. The van der Waals surface area contributed by atoms with Crippen molar-refractivity contribution in [3.05, 3.63) is 24.2 Å². The van der Waals surface area contributed by atoms with Crippen LogP contribution in [-0.4, -0.2) is 15.0 Å². The van der Waals surface area contributed by atoms with Crippen LogP contribution in [0.15, 0.2) is 18.3 Å². The average molecular weight is 193 g/mol. The van der Waals surface area contributed by atoms with Crippen molar-refractivity contribution in [3.63, 3.8) is 0 Å². The van der Waals surface area contributed by atoms with Gasteiger partial charge in [0.1, 0.15) is 5.82 Å². The largest absolute Gasteiger partial charge is 0.341 e. The predicted octanol–water partition coefficient (Wildman–Crippen LogP) is 3.32. The molecule has 2 rings (SSSR count). The third kappa shape index (κ3) is 3.17. The van der Waals surface area contributed by atoms with Crippen LogP contribution < -0.4 is 0 Å². The third-order valence-electron chi connectivity index (χ3n) is 1.38. The topological polar surface area (TPSA) is 41.6 Å². The molecule has 0 unspecified atom stereocenters. The lowest BCUT2D eigenvalue weighted by molar-refractivity contribution is 1.16. The summed E-state index contributed by atoms with van der Waals surface area (Å²) in [6, 6.07) is 3.85. The van der Waals surface area contributed by atoms with E-state index in [1.165, 1.54) is 0 Å². The Balaban J connectivity index is 0.000000379. The minimum atomic E-state index is 0.792. The average Bonchev–Trinajstić information content (AvgIpc) is 2.64. The van der Waals surface area contributed by atoms with E-state index in [0.29, 0.717) is 0 Å². The first-order chi connectivity index (χ1) is 6.86. The second-order valence-electron chi connectivity index (χ2n) is 2.20. The monoisotopic (exact) mass is 193 g/mol. The molecule has 2 aromatic rings. The van der Waals surface area contributed by atoms with Gasteiger partial charge in [0.2, 0.25) is 0 Å². The van der Waals surface area contributed by atoms with Crippen LogP contribution in [0.4, 0.5) is 0 Å². The molecule has 78 valence electrons. The molecule has 3 heteroatoms. The quantitative estimate of drug-likeness (QED) is 0.697. The van der Waals surface area contributed by atoms with Gasteiger partial charge in [-0.1, -0.05) is 27.7 Å². The van der Waals surface area contributed by atoms with Gasteiger partial charge in [0.15, 0.2) is 5.65 Å². The number of hydrogen-bond donors (Lipinski definition) is 1. The Morgan fingerprint density at radius 2 is 1.79 bits per heavy atom. The molecule has 3 nitrogen and oxygen atoms in total. The molecule has 0 aromatic carbocycles. The van der Waals surface area contributed by atoms with Gasteiger partial charge in [-0.3, -0.25) is 0 Å². The molecular weight excluding hydrogens is 174 g/mol. The standard InChI is InChI=1S/C7H7N3.2C2H6/c1-5-9-6-3-2-4-8-7(6)10-5;2*1-2/h2-4H,1H3,(H,8,9,10);2*1-2H3. The van der Waals surface area contributed by atoms with E-state index in [4.69, 9.17) is 0 Å². The van der Waals surface area contributed by atoms with Gasteiger partial charge in [0, 0.05) is 6.20 Å². The summed E-state index contributed by atoms with van der Waals surface area (Å²) in [7, 11) is 0. The minimum absolute atomic E-state index is 0.792. The van der Waals surface area contributed by atoms with E-state index in [1.807, 2.05) is 46.8 Å². The molecule has 0 aliphatic heterocycles. The molecule has 0 aliphatic rings. The highest BCUT2D eigenvalue weighted by Gasteiger charge is 1.95. The summed E-state index contributed by atoms with van der Waals surface area (Å²) in [6.45, 7) is 9.92. The lowest BCUT2D eigenvalue weighted by Gasteiger charge is -1.80. The molecule has 2 aromatic heterocycles. The van der Waals surface area contributed by atoms with Crippen LogP contribution in [0.2, 0.25) is 0 Å². The summed E-state index contributed by atoms with van der Waals surface area (Å²) in [6.07, 6.45) is 1.74. The minimum Gasteiger partial charge on any atom is -0.341 e. The molecule has 0 aliphatic carbocycles. The fourth-order valence-corrected chi connectivity index (χ4v) is 0.965. The van der Waals surface area contributed by atoms with Gasteiger partial charge in [0.05, 0.1) is 5.52 Å². The fourth-order valence-electron chi connectivity index (χ4n) is 0.965. The van der Waals surface area contributed by atoms with Crippen molar-refractivity contribution in [2.75, 3.05) is 0 Å². The van der Waals surface area contributed by atoms with Crippen molar-refractivity contribution in [2.45, 2.75) is 34.6 Å². The highest BCUT2D eigenvalue weighted by atomic mass is 15.0. The summed E-state index contributed by atoms with van der Waals surface area (Å²) in [4.78, 5) is 11.3.